The van der Waals surface area contributed by atoms with Gasteiger partial charge in [0, 0.05) is 48.4 Å². The largest absolute Gasteiger partial charge is 0.504 e. The van der Waals surface area contributed by atoms with E-state index in [9.17, 15) is 73.8 Å². The summed E-state index contributed by atoms with van der Waals surface area (Å²) in [7, 11) is 0. The van der Waals surface area contributed by atoms with Crippen molar-refractivity contribution in [2.24, 2.45) is 5.73 Å². The maximum atomic E-state index is 14.5. The molecule has 8 rings (SSSR count). The number of para-hydroxylation sites is 2. The second kappa shape index (κ2) is 26.7. The summed E-state index contributed by atoms with van der Waals surface area (Å²) in [6, 6.07) is 5.70. The lowest BCUT2D eigenvalue weighted by Gasteiger charge is -2.37. The molecule has 0 aliphatic carbocycles. The molecule has 1 aromatic heterocycles. The molecular weight excluding hydrogens is 1100 g/mol. The topological polar surface area (TPSA) is 412 Å². The zero-order valence-corrected chi connectivity index (χ0v) is 44.2. The number of benzene rings is 4. The van der Waals surface area contributed by atoms with Gasteiger partial charge in [0.05, 0.1) is 56.3 Å². The van der Waals surface area contributed by atoms with Gasteiger partial charge in [-0.05, 0) is 79.8 Å². The average Bonchev–Trinajstić information content (AvgIpc) is 3.58. The molecule has 3 aliphatic heterocycles. The third-order valence-corrected chi connectivity index (χ3v) is 13.6. The number of esters is 3. The number of carbonyl (C=O) groups excluding carboxylic acids is 8. The molecule has 0 bridgehead atoms. The van der Waals surface area contributed by atoms with Crippen LogP contribution in [-0.2, 0) is 55.6 Å². The lowest BCUT2D eigenvalue weighted by molar-refractivity contribution is -0.163. The van der Waals surface area contributed by atoms with Crippen LogP contribution in [0, 0.1) is 0 Å². The molecule has 83 heavy (non-hydrogen) atoms. The van der Waals surface area contributed by atoms with Crippen molar-refractivity contribution in [3.63, 3.8) is 0 Å². The molecule has 1 fully saturated rings. The van der Waals surface area contributed by atoms with Crippen molar-refractivity contribution in [3.8, 4) is 34.5 Å². The zero-order valence-electron chi connectivity index (χ0n) is 44.2. The summed E-state index contributed by atoms with van der Waals surface area (Å²) in [5, 5.41) is 69.3. The Morgan fingerprint density at radius 1 is 0.614 bits per heavy atom. The summed E-state index contributed by atoms with van der Waals surface area (Å²) in [5.74, 6) is -15.0. The molecule has 4 heterocycles. The monoisotopic (exact) mass is 1150 g/mol. The van der Waals surface area contributed by atoms with Crippen molar-refractivity contribution >= 4 is 64.1 Å². The van der Waals surface area contributed by atoms with Crippen LogP contribution in [0.25, 0.3) is 11.0 Å². The summed E-state index contributed by atoms with van der Waals surface area (Å²) in [6.45, 7) is -2.29. The first-order valence-electron chi connectivity index (χ1n) is 26.0. The van der Waals surface area contributed by atoms with E-state index in [1.807, 2.05) is 6.07 Å². The van der Waals surface area contributed by atoms with E-state index in [-0.39, 0.29) is 45.1 Å². The predicted molar refractivity (Wildman–Crippen MR) is 284 cm³/mol. The lowest BCUT2D eigenvalue weighted by Crippen LogP contribution is -2.54. The van der Waals surface area contributed by atoms with Gasteiger partial charge in [0.15, 0.2) is 52.6 Å². The molecule has 4 aromatic carbocycles. The zero-order chi connectivity index (χ0) is 59.5. The first-order valence-corrected chi connectivity index (χ1v) is 26.0. The number of hydrogen-bond acceptors (Lipinski definition) is 23. The Bertz CT molecular complexity index is 3340. The number of aryl methyl sites for hydroxylation is 2. The van der Waals surface area contributed by atoms with E-state index in [1.165, 1.54) is 17.7 Å². The highest BCUT2D eigenvalue weighted by atomic mass is 16.6. The number of anilines is 1. The number of amides is 5. The second-order valence-electron chi connectivity index (χ2n) is 19.1. The van der Waals surface area contributed by atoms with Gasteiger partial charge in [-0.2, -0.15) is 0 Å². The maximum Gasteiger partial charge on any atom is 0.349 e. The fourth-order valence-corrected chi connectivity index (χ4v) is 9.45. The Kier molecular flexibility index (Phi) is 19.1. The van der Waals surface area contributed by atoms with Crippen LogP contribution in [0.4, 0.5) is 5.69 Å². The number of rotatable bonds is 20. The molecule has 0 spiro atoms. The normalized spacial score (nSPS) is 17.1. The quantitative estimate of drug-likeness (QED) is 0.0165. The number of phenols is 6. The number of aromatic hydroxyl groups is 6. The molecule has 28 nitrogen and oxygen atoms in total. The molecule has 5 amide bonds. The highest BCUT2D eigenvalue weighted by Crippen LogP contribution is 2.40. The highest BCUT2D eigenvalue weighted by molar-refractivity contribution is 6.04. The van der Waals surface area contributed by atoms with Gasteiger partial charge in [-0.15, -0.1) is 0 Å². The standard InChI is InChI=1S/C55H58N6O22/c56-47(68)34-23-30(24-41(64)45(34)67)51(72)61(14-16-78-18-20-79-19-17-77-15-11-57-48(69)35-22-29-21-28-5-3-12-60-13-4-8-31(42(28)60)46(29)83-52(35)73)38-27-82-54(75)36(58-49(70)32-6-1-9-39(62)43(32)65)25-80-53(74)37(26-81-55(38)76)59-50(71)33-7-2-10-40(63)44(33)66/h1-2,6-7,9-10,21-24,36-38,62-67H,3-5,8,11-20,25-27H2,(H2,56,68)(H,57,69)(H,58,70)(H,59,71)/t36-,37-,38-/m0/s1. The number of primary amides is 1. The number of nitrogens with two attached hydrogens (primary N) is 1. The number of phenolic OH excluding ortho intramolecular Hbond substituents is 5. The van der Waals surface area contributed by atoms with Gasteiger partial charge < -0.3 is 95.0 Å². The number of carbonyl (C=O) groups is 8. The molecule has 3 aliphatic rings. The molecule has 0 saturated carbocycles. The van der Waals surface area contributed by atoms with Gasteiger partial charge in [-0.25, -0.2) is 19.2 Å². The van der Waals surface area contributed by atoms with E-state index in [1.54, 1.807) is 6.07 Å². The minimum absolute atomic E-state index is 0.0481. The van der Waals surface area contributed by atoms with Crippen molar-refractivity contribution in [1.29, 1.82) is 0 Å². The van der Waals surface area contributed by atoms with Crippen molar-refractivity contribution in [3.05, 3.63) is 110 Å². The Labute approximate surface area is 470 Å². The van der Waals surface area contributed by atoms with Gasteiger partial charge in [-0.1, -0.05) is 12.1 Å². The van der Waals surface area contributed by atoms with E-state index in [0.717, 1.165) is 86.4 Å². The van der Waals surface area contributed by atoms with Gasteiger partial charge in [0.2, 0.25) is 0 Å². The maximum absolute atomic E-state index is 14.5. The number of fused-ring (bicyclic) bond motifs is 2. The van der Waals surface area contributed by atoms with Crippen LogP contribution in [0.5, 0.6) is 34.5 Å². The van der Waals surface area contributed by atoms with Crippen LogP contribution in [0.3, 0.4) is 0 Å². The molecule has 5 aromatic rings. The van der Waals surface area contributed by atoms with Crippen molar-refractivity contribution in [1.82, 2.24) is 20.9 Å². The van der Waals surface area contributed by atoms with Crippen molar-refractivity contribution < 1.29 is 102 Å². The fourth-order valence-electron chi connectivity index (χ4n) is 9.45. The van der Waals surface area contributed by atoms with E-state index in [2.05, 4.69) is 20.9 Å². The summed E-state index contributed by atoms with van der Waals surface area (Å²) in [5.41, 5.74) is 5.95. The Morgan fingerprint density at radius 2 is 1.17 bits per heavy atom. The number of hydrogen-bond donors (Lipinski definition) is 10. The number of ether oxygens (including phenoxy) is 6. The molecule has 28 heteroatoms. The van der Waals surface area contributed by atoms with Gasteiger partial charge >= 0.3 is 23.5 Å². The molecule has 1 saturated heterocycles. The lowest BCUT2D eigenvalue weighted by atomic mass is 9.90. The molecular formula is C55H58N6O22. The van der Waals surface area contributed by atoms with Crippen LogP contribution < -0.4 is 32.2 Å². The first kappa shape index (κ1) is 59.5. The summed E-state index contributed by atoms with van der Waals surface area (Å²) in [4.78, 5) is 124. The number of nitrogens with zero attached hydrogens (tertiary/aromatic N) is 2. The first-order chi connectivity index (χ1) is 39.8. The molecule has 440 valence electrons. The van der Waals surface area contributed by atoms with E-state index in [0.29, 0.717) is 15.9 Å². The average molecular weight is 1160 g/mol. The van der Waals surface area contributed by atoms with Crippen LogP contribution in [0.2, 0.25) is 0 Å². The predicted octanol–water partition coefficient (Wildman–Crippen LogP) is 0.355. The summed E-state index contributed by atoms with van der Waals surface area (Å²) in [6.07, 6.45) is 3.63. The van der Waals surface area contributed by atoms with Gasteiger partial charge in [0.25, 0.3) is 29.5 Å². The minimum Gasteiger partial charge on any atom is -0.504 e. The molecule has 11 N–H and O–H groups in total. The van der Waals surface area contributed by atoms with Crippen molar-refractivity contribution in [2.45, 2.75) is 43.8 Å². The van der Waals surface area contributed by atoms with Gasteiger partial charge in [0.1, 0.15) is 31.0 Å². The summed E-state index contributed by atoms with van der Waals surface area (Å²) >= 11 is 0. The van der Waals surface area contributed by atoms with Crippen LogP contribution in [0.15, 0.2) is 69.9 Å². The fraction of sp³-hybridized carbons (Fsp3) is 0.364. The Balaban J connectivity index is 0.909. The van der Waals surface area contributed by atoms with Crippen molar-refractivity contribution in [2.75, 3.05) is 90.5 Å². The molecule has 0 unspecified atom stereocenters. The van der Waals surface area contributed by atoms with Crippen LogP contribution in [0.1, 0.15) is 75.8 Å². The number of cyclic esters (lactones) is 3. The molecule has 0 radical (unpaired) electrons. The minimum atomic E-state index is -2.04. The van der Waals surface area contributed by atoms with E-state index < -0.39 is 161 Å². The third kappa shape index (κ3) is 13.9. The Morgan fingerprint density at radius 3 is 1.78 bits per heavy atom. The highest BCUT2D eigenvalue weighted by Gasteiger charge is 2.39. The smallest absolute Gasteiger partial charge is 0.349 e. The van der Waals surface area contributed by atoms with E-state index in [4.69, 9.17) is 38.6 Å². The second-order valence-corrected chi connectivity index (χ2v) is 19.1. The Hall–Kier alpha value is -9.67. The summed E-state index contributed by atoms with van der Waals surface area (Å²) < 4.78 is 38.6. The molecule has 3 atom stereocenters. The van der Waals surface area contributed by atoms with Crippen LogP contribution >= 0.6 is 0 Å². The SMILES string of the molecule is NC(=O)c1cc(C(=O)N(CCOCCOCCOCCNC(=O)c2cc3cc4c5c(c3oc2=O)CCCN5CCC4)[C@H]2COC(=O)[C@@H](NC(=O)c3cccc(O)c3O)COC(=O)[C@@H](NC(=O)c3cccc(O)c3O)COC2=O)cc(O)c1O. The third-order valence-electron chi connectivity index (χ3n) is 13.6. The van der Waals surface area contributed by atoms with E-state index >= 15 is 0 Å². The van der Waals surface area contributed by atoms with Gasteiger partial charge in [-0.3, -0.25) is 24.0 Å². The van der Waals surface area contributed by atoms with Crippen LogP contribution in [-0.4, -0.2) is 187 Å². The number of nitrogens with one attached hydrogen (secondary N) is 3.